The third-order valence-electron chi connectivity index (χ3n) is 2.21. The molecular weight excluding hydrogens is 176 g/mol. The van der Waals surface area contributed by atoms with Crippen LogP contribution >= 0.6 is 0 Å². The predicted molar refractivity (Wildman–Crippen MR) is 53.4 cm³/mol. The topological polar surface area (TPSA) is 43.6 Å². The number of aryl methyl sites for hydroxylation is 3. The van der Waals surface area contributed by atoms with Crippen LogP contribution in [-0.2, 0) is 0 Å². The van der Waals surface area contributed by atoms with Crippen LogP contribution in [-0.4, -0.2) is 19.5 Å². The molecule has 4 heteroatoms. The van der Waals surface area contributed by atoms with E-state index in [9.17, 15) is 0 Å². The van der Waals surface area contributed by atoms with Crippen molar-refractivity contribution in [3.8, 4) is 5.82 Å². The molecule has 0 atom stereocenters. The van der Waals surface area contributed by atoms with Gasteiger partial charge in [0.1, 0.15) is 6.33 Å². The molecule has 0 amide bonds. The van der Waals surface area contributed by atoms with Crippen molar-refractivity contribution < 1.29 is 0 Å². The standard InChI is InChI=1S/C10H12N4/c1-7-8(2)13-10(9(3)12-7)14-5-4-11-6-14/h4-6H,1-3H3. The molecule has 0 aliphatic carbocycles. The molecule has 0 N–H and O–H groups in total. The molecule has 0 fully saturated rings. The molecule has 2 heterocycles. The van der Waals surface area contributed by atoms with E-state index < -0.39 is 0 Å². The highest BCUT2D eigenvalue weighted by Crippen LogP contribution is 2.10. The Morgan fingerprint density at radius 3 is 2.36 bits per heavy atom. The highest BCUT2D eigenvalue weighted by molar-refractivity contribution is 5.30. The van der Waals surface area contributed by atoms with Crippen LogP contribution in [0.5, 0.6) is 0 Å². The van der Waals surface area contributed by atoms with E-state index in [1.807, 2.05) is 31.5 Å². The highest BCUT2D eigenvalue weighted by Gasteiger charge is 2.05. The third kappa shape index (κ3) is 1.39. The summed E-state index contributed by atoms with van der Waals surface area (Å²) >= 11 is 0. The maximum atomic E-state index is 4.48. The SMILES string of the molecule is Cc1nc(C)c(-n2ccnc2)nc1C. The van der Waals surface area contributed by atoms with Crippen LogP contribution in [0.1, 0.15) is 17.1 Å². The summed E-state index contributed by atoms with van der Waals surface area (Å²) in [5.41, 5.74) is 2.86. The minimum absolute atomic E-state index is 0.852. The van der Waals surface area contributed by atoms with Crippen molar-refractivity contribution in [3.63, 3.8) is 0 Å². The molecule has 0 aliphatic rings. The van der Waals surface area contributed by atoms with Gasteiger partial charge in [0.25, 0.3) is 0 Å². The molecule has 0 spiro atoms. The second-order valence-corrected chi connectivity index (χ2v) is 3.27. The second kappa shape index (κ2) is 3.21. The average Bonchev–Trinajstić information content (AvgIpc) is 2.64. The van der Waals surface area contributed by atoms with E-state index in [4.69, 9.17) is 0 Å². The van der Waals surface area contributed by atoms with Gasteiger partial charge in [-0.1, -0.05) is 0 Å². The predicted octanol–water partition coefficient (Wildman–Crippen LogP) is 1.59. The lowest BCUT2D eigenvalue weighted by Gasteiger charge is -2.07. The van der Waals surface area contributed by atoms with Gasteiger partial charge in [-0.25, -0.2) is 9.97 Å². The maximum absolute atomic E-state index is 4.48. The first-order valence-corrected chi connectivity index (χ1v) is 4.48. The number of hydrogen-bond donors (Lipinski definition) is 0. The maximum Gasteiger partial charge on any atom is 0.159 e. The van der Waals surface area contributed by atoms with Gasteiger partial charge in [-0.05, 0) is 20.8 Å². The molecule has 0 radical (unpaired) electrons. The molecule has 0 saturated carbocycles. The fraction of sp³-hybridized carbons (Fsp3) is 0.300. The molecule has 0 bridgehead atoms. The van der Waals surface area contributed by atoms with Crippen LogP contribution in [0.25, 0.3) is 5.82 Å². The number of nitrogens with zero attached hydrogens (tertiary/aromatic N) is 4. The van der Waals surface area contributed by atoms with Gasteiger partial charge in [-0.3, -0.25) is 9.55 Å². The van der Waals surface area contributed by atoms with Crippen LogP contribution in [0.2, 0.25) is 0 Å². The second-order valence-electron chi connectivity index (χ2n) is 3.27. The molecule has 4 nitrogen and oxygen atoms in total. The Balaban J connectivity index is 2.60. The van der Waals surface area contributed by atoms with Gasteiger partial charge in [0.2, 0.25) is 0 Å². The number of hydrogen-bond acceptors (Lipinski definition) is 3. The molecule has 2 aromatic heterocycles. The number of rotatable bonds is 1. The lowest BCUT2D eigenvalue weighted by Crippen LogP contribution is -2.04. The van der Waals surface area contributed by atoms with Crippen molar-refractivity contribution >= 4 is 0 Å². The van der Waals surface area contributed by atoms with E-state index in [2.05, 4.69) is 15.0 Å². The van der Waals surface area contributed by atoms with Gasteiger partial charge in [0.15, 0.2) is 5.82 Å². The van der Waals surface area contributed by atoms with Crippen LogP contribution in [0.4, 0.5) is 0 Å². The average molecular weight is 188 g/mol. The fourth-order valence-corrected chi connectivity index (χ4v) is 1.33. The van der Waals surface area contributed by atoms with Gasteiger partial charge in [-0.15, -0.1) is 0 Å². The summed E-state index contributed by atoms with van der Waals surface area (Å²) in [5.74, 6) is 0.852. The van der Waals surface area contributed by atoms with Crippen LogP contribution in [0.15, 0.2) is 18.7 Å². The summed E-state index contributed by atoms with van der Waals surface area (Å²) in [7, 11) is 0. The summed E-state index contributed by atoms with van der Waals surface area (Å²) in [6.45, 7) is 5.88. The molecule has 0 saturated heterocycles. The van der Waals surface area contributed by atoms with Gasteiger partial charge in [0.05, 0.1) is 17.1 Å². The first kappa shape index (κ1) is 8.87. The minimum Gasteiger partial charge on any atom is -0.289 e. The molecule has 0 aromatic carbocycles. The van der Waals surface area contributed by atoms with E-state index in [0.29, 0.717) is 0 Å². The van der Waals surface area contributed by atoms with Crippen molar-refractivity contribution in [1.82, 2.24) is 19.5 Å². The van der Waals surface area contributed by atoms with Crippen molar-refractivity contribution in [2.75, 3.05) is 0 Å². The Bertz CT molecular complexity index is 445. The van der Waals surface area contributed by atoms with Crippen molar-refractivity contribution in [2.24, 2.45) is 0 Å². The summed E-state index contributed by atoms with van der Waals surface area (Å²) in [5, 5.41) is 0. The zero-order valence-electron chi connectivity index (χ0n) is 8.52. The van der Waals surface area contributed by atoms with Crippen LogP contribution in [0, 0.1) is 20.8 Å². The minimum atomic E-state index is 0.852. The number of aromatic nitrogens is 4. The lowest BCUT2D eigenvalue weighted by atomic mass is 10.3. The normalized spacial score (nSPS) is 10.5. The molecule has 0 unspecified atom stereocenters. The Morgan fingerprint density at radius 2 is 1.71 bits per heavy atom. The number of imidazole rings is 1. The van der Waals surface area contributed by atoms with Crippen molar-refractivity contribution in [1.29, 1.82) is 0 Å². The summed E-state index contributed by atoms with van der Waals surface area (Å²) < 4.78 is 1.87. The van der Waals surface area contributed by atoms with Crippen molar-refractivity contribution in [3.05, 3.63) is 35.8 Å². The van der Waals surface area contributed by atoms with E-state index in [-0.39, 0.29) is 0 Å². The third-order valence-corrected chi connectivity index (χ3v) is 2.21. The van der Waals surface area contributed by atoms with Gasteiger partial charge < -0.3 is 0 Å². The smallest absolute Gasteiger partial charge is 0.159 e. The fourth-order valence-electron chi connectivity index (χ4n) is 1.33. The van der Waals surface area contributed by atoms with E-state index in [1.165, 1.54) is 0 Å². The van der Waals surface area contributed by atoms with Gasteiger partial charge in [-0.2, -0.15) is 0 Å². The first-order chi connectivity index (χ1) is 6.68. The largest absolute Gasteiger partial charge is 0.289 e. The zero-order valence-corrected chi connectivity index (χ0v) is 8.52. The Kier molecular flexibility index (Phi) is 2.04. The molecule has 2 rings (SSSR count). The van der Waals surface area contributed by atoms with Crippen LogP contribution in [0.3, 0.4) is 0 Å². The molecule has 0 aliphatic heterocycles. The molecule has 2 aromatic rings. The molecular formula is C10H12N4. The van der Waals surface area contributed by atoms with Crippen molar-refractivity contribution in [2.45, 2.75) is 20.8 Å². The quantitative estimate of drug-likeness (QED) is 0.682. The highest BCUT2D eigenvalue weighted by atomic mass is 15.1. The van der Waals surface area contributed by atoms with Gasteiger partial charge in [0, 0.05) is 12.4 Å². The zero-order chi connectivity index (χ0) is 10.1. The molecule has 72 valence electrons. The Morgan fingerprint density at radius 1 is 1.00 bits per heavy atom. The lowest BCUT2D eigenvalue weighted by molar-refractivity contribution is 0.900. The van der Waals surface area contributed by atoms with E-state index in [1.54, 1.807) is 12.5 Å². The summed E-state index contributed by atoms with van der Waals surface area (Å²) in [4.78, 5) is 12.9. The Labute approximate surface area is 82.7 Å². The summed E-state index contributed by atoms with van der Waals surface area (Å²) in [6.07, 6.45) is 5.33. The van der Waals surface area contributed by atoms with E-state index >= 15 is 0 Å². The van der Waals surface area contributed by atoms with Crippen LogP contribution < -0.4 is 0 Å². The summed E-state index contributed by atoms with van der Waals surface area (Å²) in [6, 6.07) is 0. The van der Waals surface area contributed by atoms with E-state index in [0.717, 1.165) is 22.9 Å². The first-order valence-electron chi connectivity index (χ1n) is 4.48. The Hall–Kier alpha value is -1.71. The monoisotopic (exact) mass is 188 g/mol. The van der Waals surface area contributed by atoms with Gasteiger partial charge >= 0.3 is 0 Å². The molecule has 14 heavy (non-hydrogen) atoms.